The van der Waals surface area contributed by atoms with Gasteiger partial charge in [0.1, 0.15) is 28.6 Å². The van der Waals surface area contributed by atoms with Crippen LogP contribution in [-0.2, 0) is 6.54 Å². The van der Waals surface area contributed by atoms with Crippen LogP contribution in [0.2, 0.25) is 0 Å². The summed E-state index contributed by atoms with van der Waals surface area (Å²) in [7, 11) is 0. The lowest BCUT2D eigenvalue weighted by Gasteiger charge is -2.29. The number of phenols is 1. The molecule has 0 bridgehead atoms. The van der Waals surface area contributed by atoms with Crippen LogP contribution >= 0.6 is 11.3 Å². The van der Waals surface area contributed by atoms with Crippen molar-refractivity contribution in [1.82, 2.24) is 30.8 Å². The molecule has 2 aromatic carbocycles. The lowest BCUT2D eigenvalue weighted by molar-refractivity contribution is 0.0888. The second kappa shape index (κ2) is 14.4. The van der Waals surface area contributed by atoms with Gasteiger partial charge in [-0.2, -0.15) is 0 Å². The predicted molar refractivity (Wildman–Crippen MR) is 174 cm³/mol. The van der Waals surface area contributed by atoms with Gasteiger partial charge < -0.3 is 25.8 Å². The van der Waals surface area contributed by atoms with Crippen molar-refractivity contribution >= 4 is 23.2 Å². The molecular weight excluding hydrogens is 607 g/mol. The third kappa shape index (κ3) is 7.87. The van der Waals surface area contributed by atoms with E-state index in [1.165, 1.54) is 11.3 Å². The number of halogens is 1. The van der Waals surface area contributed by atoms with Crippen LogP contribution in [0.25, 0.3) is 11.1 Å². The van der Waals surface area contributed by atoms with E-state index in [4.69, 9.17) is 4.74 Å². The Balaban J connectivity index is 1.08. The zero-order valence-corrected chi connectivity index (χ0v) is 26.4. The molecule has 6 rings (SSSR count). The Morgan fingerprint density at radius 1 is 1.04 bits per heavy atom. The van der Waals surface area contributed by atoms with Crippen LogP contribution in [0.4, 0.5) is 4.39 Å². The predicted octanol–water partition coefficient (Wildman–Crippen LogP) is 5.03. The largest absolute Gasteiger partial charge is 0.507 e. The van der Waals surface area contributed by atoms with E-state index in [2.05, 4.69) is 30.8 Å². The van der Waals surface area contributed by atoms with Crippen molar-refractivity contribution in [3.05, 3.63) is 87.8 Å². The molecule has 0 atom stereocenters. The van der Waals surface area contributed by atoms with Crippen molar-refractivity contribution in [2.24, 2.45) is 0 Å². The van der Waals surface area contributed by atoms with Gasteiger partial charge in [0.15, 0.2) is 0 Å². The quantitative estimate of drug-likeness (QED) is 0.200. The molecule has 1 aliphatic heterocycles. The minimum atomic E-state index is -0.652. The standard InChI is InChI=1S/C34H37FN6O4S/c1-21-38-30(20-46-21)33(44)40-26-8-6-25(7-9-26)39-32(43)29-17-24(35)18-37-34(29)45-27-4-2-3-23(16-27)28-10-5-22(15-31(28)42)19-41-13-11-36-12-14-41/h2-5,10,15-18,20,25-26,36,42H,6-9,11-14,19H2,1H3,(H,39,43)(H,40,44)/t25-,26+. The Bertz CT molecular complexity index is 1700. The Morgan fingerprint density at radius 2 is 1.78 bits per heavy atom. The van der Waals surface area contributed by atoms with Gasteiger partial charge in [0.25, 0.3) is 11.8 Å². The number of aryl methyl sites for hydroxylation is 1. The number of hydrogen-bond acceptors (Lipinski definition) is 9. The minimum Gasteiger partial charge on any atom is -0.507 e. The van der Waals surface area contributed by atoms with E-state index in [9.17, 15) is 19.1 Å². The second-order valence-electron chi connectivity index (χ2n) is 11.8. The number of aromatic hydroxyl groups is 1. The fourth-order valence-electron chi connectivity index (χ4n) is 5.93. The first kappa shape index (κ1) is 31.6. The van der Waals surface area contributed by atoms with Gasteiger partial charge in [-0.3, -0.25) is 14.5 Å². The van der Waals surface area contributed by atoms with Crippen LogP contribution in [0.3, 0.4) is 0 Å². The van der Waals surface area contributed by atoms with Crippen molar-refractivity contribution in [1.29, 1.82) is 0 Å². The van der Waals surface area contributed by atoms with Crippen molar-refractivity contribution < 1.29 is 23.8 Å². The maximum Gasteiger partial charge on any atom is 0.270 e. The Kier molecular flexibility index (Phi) is 9.86. The molecule has 12 heteroatoms. The summed E-state index contributed by atoms with van der Waals surface area (Å²) in [6.07, 6.45) is 3.72. The molecule has 0 radical (unpaired) electrons. The normalized spacial score (nSPS) is 18.6. The van der Waals surface area contributed by atoms with Crippen molar-refractivity contribution in [3.8, 4) is 28.5 Å². The molecule has 46 heavy (non-hydrogen) atoms. The summed E-state index contributed by atoms with van der Waals surface area (Å²) in [5, 5.41) is 22.8. The summed E-state index contributed by atoms with van der Waals surface area (Å²) in [5.41, 5.74) is 2.81. The lowest BCUT2D eigenvalue weighted by Crippen LogP contribution is -2.44. The third-order valence-electron chi connectivity index (χ3n) is 8.35. The highest BCUT2D eigenvalue weighted by molar-refractivity contribution is 7.09. The van der Waals surface area contributed by atoms with Crippen molar-refractivity contribution in [3.63, 3.8) is 0 Å². The molecule has 4 aromatic rings. The first-order valence-electron chi connectivity index (χ1n) is 15.5. The van der Waals surface area contributed by atoms with E-state index in [-0.39, 0.29) is 35.2 Å². The number of carbonyl (C=O) groups is 2. The van der Waals surface area contributed by atoms with Crippen LogP contribution in [0.5, 0.6) is 17.4 Å². The molecule has 1 aliphatic carbocycles. The van der Waals surface area contributed by atoms with Gasteiger partial charge in [-0.1, -0.05) is 24.3 Å². The number of amides is 2. The summed E-state index contributed by atoms with van der Waals surface area (Å²) in [6.45, 7) is 6.48. The zero-order valence-electron chi connectivity index (χ0n) is 25.6. The van der Waals surface area contributed by atoms with Gasteiger partial charge in [-0.25, -0.2) is 14.4 Å². The number of phenolic OH excluding ortho intramolecular Hbond substituents is 1. The third-order valence-corrected chi connectivity index (χ3v) is 9.12. The Morgan fingerprint density at radius 3 is 2.48 bits per heavy atom. The number of rotatable bonds is 9. The van der Waals surface area contributed by atoms with E-state index in [0.717, 1.165) is 61.1 Å². The molecule has 2 fully saturated rings. The average molecular weight is 645 g/mol. The van der Waals surface area contributed by atoms with Crippen LogP contribution in [-0.4, -0.2) is 70.1 Å². The number of pyridine rings is 1. The number of carbonyl (C=O) groups excluding carboxylic acids is 2. The molecule has 240 valence electrons. The summed E-state index contributed by atoms with van der Waals surface area (Å²) < 4.78 is 20.3. The van der Waals surface area contributed by atoms with E-state index in [1.54, 1.807) is 29.6 Å². The lowest BCUT2D eigenvalue weighted by atomic mass is 9.91. The van der Waals surface area contributed by atoms with Crippen LogP contribution < -0.4 is 20.7 Å². The number of thiazole rings is 1. The molecule has 1 saturated carbocycles. The smallest absolute Gasteiger partial charge is 0.270 e. The Hall–Kier alpha value is -4.39. The fraction of sp³-hybridized carbons (Fsp3) is 0.353. The summed E-state index contributed by atoms with van der Waals surface area (Å²) in [4.78, 5) is 36.5. The van der Waals surface area contributed by atoms with Gasteiger partial charge in [0, 0.05) is 55.8 Å². The number of benzene rings is 2. The van der Waals surface area contributed by atoms with Gasteiger partial charge in [-0.15, -0.1) is 11.3 Å². The molecule has 1 saturated heterocycles. The van der Waals surface area contributed by atoms with Crippen LogP contribution in [0.1, 0.15) is 57.1 Å². The minimum absolute atomic E-state index is 0.00692. The first-order chi connectivity index (χ1) is 22.3. The van der Waals surface area contributed by atoms with E-state index >= 15 is 0 Å². The SMILES string of the molecule is Cc1nc(C(=O)N[C@H]2CC[C@@H](NC(=O)c3cc(F)cnc3Oc3cccc(-c4ccc(CN5CCNCC5)cc4O)c3)CC2)cs1. The van der Waals surface area contributed by atoms with Crippen LogP contribution in [0, 0.1) is 12.7 Å². The van der Waals surface area contributed by atoms with Crippen molar-refractivity contribution in [2.75, 3.05) is 26.2 Å². The highest BCUT2D eigenvalue weighted by Gasteiger charge is 2.26. The summed E-state index contributed by atoms with van der Waals surface area (Å²) >= 11 is 1.43. The van der Waals surface area contributed by atoms with Gasteiger partial charge in [0.05, 0.1) is 11.2 Å². The summed E-state index contributed by atoms with van der Waals surface area (Å²) in [5.74, 6) is -0.793. The summed E-state index contributed by atoms with van der Waals surface area (Å²) in [6, 6.07) is 13.8. The Labute approximate surface area is 271 Å². The number of nitrogens with zero attached hydrogens (tertiary/aromatic N) is 3. The highest BCUT2D eigenvalue weighted by Crippen LogP contribution is 2.34. The van der Waals surface area contributed by atoms with E-state index in [0.29, 0.717) is 42.7 Å². The topological polar surface area (TPSA) is 129 Å². The molecule has 2 amide bonds. The second-order valence-corrected chi connectivity index (χ2v) is 12.8. The van der Waals surface area contributed by atoms with Crippen LogP contribution in [0.15, 0.2) is 60.1 Å². The zero-order chi connectivity index (χ0) is 32.0. The molecular formula is C34H37FN6O4S. The molecule has 4 N–H and O–H groups in total. The number of hydrogen-bond donors (Lipinski definition) is 4. The monoisotopic (exact) mass is 644 g/mol. The van der Waals surface area contributed by atoms with E-state index < -0.39 is 11.7 Å². The maximum absolute atomic E-state index is 14.3. The van der Waals surface area contributed by atoms with Gasteiger partial charge in [0.2, 0.25) is 5.88 Å². The molecule has 0 unspecified atom stereocenters. The van der Waals surface area contributed by atoms with Gasteiger partial charge >= 0.3 is 0 Å². The van der Waals surface area contributed by atoms with Crippen molar-refractivity contribution in [2.45, 2.75) is 51.2 Å². The number of nitrogens with one attached hydrogen (secondary N) is 3. The molecule has 0 spiro atoms. The van der Waals surface area contributed by atoms with Gasteiger partial charge in [-0.05, 0) is 68.0 Å². The maximum atomic E-state index is 14.3. The number of piperazine rings is 1. The highest BCUT2D eigenvalue weighted by atomic mass is 32.1. The fourth-order valence-corrected chi connectivity index (χ4v) is 6.52. The molecule has 10 nitrogen and oxygen atoms in total. The number of aromatic nitrogens is 2. The first-order valence-corrected chi connectivity index (χ1v) is 16.4. The number of ether oxygens (including phenoxy) is 1. The van der Waals surface area contributed by atoms with E-state index in [1.807, 2.05) is 25.1 Å². The molecule has 3 heterocycles. The molecule has 2 aliphatic rings. The molecule has 2 aromatic heterocycles. The average Bonchev–Trinajstić information content (AvgIpc) is 3.50.